The first-order chi connectivity index (χ1) is 21.4. The van der Waals surface area contributed by atoms with Crippen LogP contribution in [0.5, 0.6) is 5.75 Å². The van der Waals surface area contributed by atoms with Gasteiger partial charge in [0.2, 0.25) is 0 Å². The summed E-state index contributed by atoms with van der Waals surface area (Å²) in [5.41, 5.74) is 1.36. The van der Waals surface area contributed by atoms with E-state index in [0.29, 0.717) is 40.1 Å². The Balaban J connectivity index is 1.42. The lowest BCUT2D eigenvalue weighted by atomic mass is 9.75. The molecule has 1 saturated carbocycles. The number of aromatic hydroxyl groups is 1. The number of rotatable bonds is 9. The Hall–Kier alpha value is -4.45. The van der Waals surface area contributed by atoms with Gasteiger partial charge in [0.05, 0.1) is 22.0 Å². The number of phenols is 1. The summed E-state index contributed by atoms with van der Waals surface area (Å²) in [6, 6.07) is 16.4. The minimum atomic E-state index is -4.27. The number of nitrogens with two attached hydrogens (primary N) is 1. The third-order valence-corrected chi connectivity index (χ3v) is 10.4. The van der Waals surface area contributed by atoms with Crippen molar-refractivity contribution >= 4 is 44.0 Å². The van der Waals surface area contributed by atoms with Crippen molar-refractivity contribution in [1.29, 1.82) is 0 Å². The second-order valence-electron chi connectivity index (χ2n) is 12.1. The van der Waals surface area contributed by atoms with Crippen molar-refractivity contribution in [2.24, 2.45) is 28.0 Å². The molecule has 0 bridgehead atoms. The van der Waals surface area contributed by atoms with Crippen LogP contribution in [0.3, 0.4) is 0 Å². The van der Waals surface area contributed by atoms with Crippen LogP contribution in [0.15, 0.2) is 75.8 Å². The van der Waals surface area contributed by atoms with Gasteiger partial charge in [0.1, 0.15) is 24.2 Å². The number of benzene rings is 3. The predicted molar refractivity (Wildman–Crippen MR) is 174 cm³/mol. The summed E-state index contributed by atoms with van der Waals surface area (Å²) in [5.74, 6) is 7.01. The number of carbonyl (C=O) groups is 1. The van der Waals surface area contributed by atoms with Gasteiger partial charge in [0.15, 0.2) is 5.82 Å². The van der Waals surface area contributed by atoms with Crippen LogP contribution in [0.4, 0.5) is 17.2 Å². The number of nitrogen functional groups attached to an aromatic ring is 1. The van der Waals surface area contributed by atoms with Gasteiger partial charge in [-0.3, -0.25) is 4.79 Å². The molecular weight excluding hydrogens is 592 g/mol. The number of hydrogen-bond donors (Lipinski definition) is 2. The summed E-state index contributed by atoms with van der Waals surface area (Å²) in [6.45, 7) is 9.14. The molecule has 0 unspecified atom stereocenters. The van der Waals surface area contributed by atoms with Gasteiger partial charge < -0.3 is 15.7 Å². The van der Waals surface area contributed by atoms with Gasteiger partial charge in [-0.2, -0.15) is 5.11 Å². The van der Waals surface area contributed by atoms with Crippen LogP contribution in [-0.2, 0) is 19.6 Å². The first-order valence-corrected chi connectivity index (χ1v) is 16.6. The lowest BCUT2D eigenvalue weighted by molar-refractivity contribution is -0.153. The van der Waals surface area contributed by atoms with E-state index in [1.54, 1.807) is 32.0 Å². The molecule has 1 fully saturated rings. The number of imidazole rings is 1. The monoisotopic (exact) mass is 632 g/mol. The predicted octanol–water partition coefficient (Wildman–Crippen LogP) is 6.69. The number of esters is 1. The smallest absolute Gasteiger partial charge is 0.327 e. The molecule has 11 nitrogen and oxygen atoms in total. The summed E-state index contributed by atoms with van der Waals surface area (Å²) in [5, 5.41) is 20.1. The number of aryl methyl sites for hydroxylation is 1. The fourth-order valence-corrected chi connectivity index (χ4v) is 7.41. The third kappa shape index (κ3) is 6.65. The SMILES string of the molecule is Cc1nc(N(CC(=O)O[C@@H]2C[C@@H](C)CC[C@@H]2C(C)C)S(=O)(=O)c2ccc(N=Nc3ccc(O)c4ccccc34)cc2)c(C)n1N. The van der Waals surface area contributed by atoms with Crippen LogP contribution in [-0.4, -0.2) is 41.8 Å². The average molecular weight is 633 g/mol. The fourth-order valence-electron chi connectivity index (χ4n) is 6.00. The Bertz CT molecular complexity index is 1830. The largest absolute Gasteiger partial charge is 0.507 e. The average Bonchev–Trinajstić information content (AvgIpc) is 3.26. The lowest BCUT2D eigenvalue weighted by Crippen LogP contribution is -2.41. The summed E-state index contributed by atoms with van der Waals surface area (Å²) in [6.07, 6.45) is 2.50. The number of aromatic nitrogens is 2. The van der Waals surface area contributed by atoms with E-state index in [1.165, 1.54) is 28.9 Å². The molecule has 4 aromatic rings. The van der Waals surface area contributed by atoms with Gasteiger partial charge >= 0.3 is 5.97 Å². The summed E-state index contributed by atoms with van der Waals surface area (Å²) in [7, 11) is -4.27. The Labute approximate surface area is 263 Å². The van der Waals surface area contributed by atoms with Crippen LogP contribution < -0.4 is 10.1 Å². The molecule has 0 saturated heterocycles. The van der Waals surface area contributed by atoms with Crippen molar-refractivity contribution in [3.8, 4) is 5.75 Å². The number of ether oxygens (including phenoxy) is 1. The highest BCUT2D eigenvalue weighted by Crippen LogP contribution is 2.36. The first kappa shape index (κ1) is 32.0. The van der Waals surface area contributed by atoms with E-state index in [0.717, 1.165) is 29.0 Å². The van der Waals surface area contributed by atoms with E-state index in [1.807, 2.05) is 18.2 Å². The quantitative estimate of drug-likeness (QED) is 0.118. The molecule has 12 heteroatoms. The molecule has 0 aliphatic heterocycles. The molecule has 0 amide bonds. The van der Waals surface area contributed by atoms with Gasteiger partial charge in [-0.15, -0.1) is 5.11 Å². The molecule has 238 valence electrons. The van der Waals surface area contributed by atoms with Crippen molar-refractivity contribution in [1.82, 2.24) is 9.66 Å². The standard InChI is InChI=1S/C33H40N6O5S/c1-20(2)26-15-10-21(3)18-31(26)44-32(41)19-38(33-22(4)39(34)23(5)35-33)45(42,43)25-13-11-24(12-14-25)36-37-29-16-17-30(40)28-9-7-6-8-27(28)29/h6-9,11-14,16-17,20-21,26,31,40H,10,15,18-19,34H2,1-5H3/t21-,26+,31+/m0/s1. The van der Waals surface area contributed by atoms with E-state index in [-0.39, 0.29) is 28.5 Å². The van der Waals surface area contributed by atoms with Gasteiger partial charge in [0, 0.05) is 10.8 Å². The minimum absolute atomic E-state index is 0.0562. The van der Waals surface area contributed by atoms with Gasteiger partial charge in [-0.05, 0) is 80.8 Å². The van der Waals surface area contributed by atoms with Crippen LogP contribution >= 0.6 is 0 Å². The highest BCUT2D eigenvalue weighted by Gasteiger charge is 2.36. The molecule has 5 rings (SSSR count). The van der Waals surface area contributed by atoms with Gasteiger partial charge in [-0.1, -0.05) is 51.5 Å². The first-order valence-electron chi connectivity index (χ1n) is 15.1. The molecule has 45 heavy (non-hydrogen) atoms. The lowest BCUT2D eigenvalue weighted by Gasteiger charge is -2.37. The van der Waals surface area contributed by atoms with E-state index in [9.17, 15) is 18.3 Å². The fraction of sp³-hybridized carbons (Fsp3) is 0.394. The molecular formula is C33H40N6O5S. The van der Waals surface area contributed by atoms with Crippen molar-refractivity contribution < 1.29 is 23.1 Å². The number of azo groups is 1. The maximum absolute atomic E-state index is 14.1. The minimum Gasteiger partial charge on any atom is -0.507 e. The summed E-state index contributed by atoms with van der Waals surface area (Å²) in [4.78, 5) is 17.7. The molecule has 3 N–H and O–H groups in total. The molecule has 1 aliphatic rings. The molecule has 0 radical (unpaired) electrons. The molecule has 1 aliphatic carbocycles. The van der Waals surface area contributed by atoms with E-state index in [2.05, 4.69) is 36.0 Å². The van der Waals surface area contributed by atoms with Crippen LogP contribution in [0.25, 0.3) is 10.8 Å². The third-order valence-electron chi connectivity index (χ3n) is 8.63. The van der Waals surface area contributed by atoms with Crippen molar-refractivity contribution in [3.63, 3.8) is 0 Å². The van der Waals surface area contributed by atoms with Crippen LogP contribution in [0.2, 0.25) is 0 Å². The highest BCUT2D eigenvalue weighted by atomic mass is 32.2. The van der Waals surface area contributed by atoms with E-state index >= 15 is 0 Å². The second kappa shape index (κ2) is 12.9. The highest BCUT2D eigenvalue weighted by molar-refractivity contribution is 7.92. The number of fused-ring (bicyclic) bond motifs is 1. The van der Waals surface area contributed by atoms with Crippen molar-refractivity contribution in [2.75, 3.05) is 16.7 Å². The molecule has 3 atom stereocenters. The summed E-state index contributed by atoms with van der Waals surface area (Å²) < 4.78 is 36.4. The van der Waals surface area contributed by atoms with Crippen LogP contribution in [0.1, 0.15) is 51.6 Å². The number of sulfonamides is 1. The normalized spacial score (nSPS) is 18.9. The van der Waals surface area contributed by atoms with E-state index in [4.69, 9.17) is 10.6 Å². The maximum Gasteiger partial charge on any atom is 0.327 e. The topological polar surface area (TPSA) is 152 Å². The van der Waals surface area contributed by atoms with Gasteiger partial charge in [-0.25, -0.2) is 22.4 Å². The van der Waals surface area contributed by atoms with Crippen molar-refractivity contribution in [2.45, 2.75) is 64.9 Å². The zero-order valence-corrected chi connectivity index (χ0v) is 27.0. The zero-order chi connectivity index (χ0) is 32.5. The van der Waals surface area contributed by atoms with Crippen molar-refractivity contribution in [3.05, 3.63) is 72.2 Å². The summed E-state index contributed by atoms with van der Waals surface area (Å²) >= 11 is 0. The number of phenolic OH excluding ortho intramolecular Hbond substituents is 1. The van der Waals surface area contributed by atoms with Crippen LogP contribution in [0, 0.1) is 31.6 Å². The second-order valence-corrected chi connectivity index (χ2v) is 14.0. The molecule has 0 spiro atoms. The van der Waals surface area contributed by atoms with E-state index < -0.39 is 22.5 Å². The number of carbonyl (C=O) groups excluding carboxylic acids is 1. The molecule has 1 heterocycles. The Morgan fingerprint density at radius 2 is 1.76 bits per heavy atom. The Morgan fingerprint density at radius 1 is 1.07 bits per heavy atom. The number of anilines is 1. The molecule has 1 aromatic heterocycles. The Morgan fingerprint density at radius 3 is 2.40 bits per heavy atom. The Kier molecular flexibility index (Phi) is 9.15. The maximum atomic E-state index is 14.1. The number of nitrogens with zero attached hydrogens (tertiary/aromatic N) is 5. The number of hydrogen-bond acceptors (Lipinski definition) is 9. The zero-order valence-electron chi connectivity index (χ0n) is 26.2. The molecule has 3 aromatic carbocycles. The van der Waals surface area contributed by atoms with Gasteiger partial charge in [0.25, 0.3) is 10.0 Å².